The van der Waals surface area contributed by atoms with Gasteiger partial charge in [-0.3, -0.25) is 4.79 Å². The predicted octanol–water partition coefficient (Wildman–Crippen LogP) is -1.53. The van der Waals surface area contributed by atoms with Crippen LogP contribution in [0.3, 0.4) is 0 Å². The zero-order valence-corrected chi connectivity index (χ0v) is 8.81. The van der Waals surface area contributed by atoms with Crippen LogP contribution >= 0.6 is 0 Å². The highest BCUT2D eigenvalue weighted by atomic mass is 16.3. The van der Waals surface area contributed by atoms with Crippen molar-refractivity contribution in [1.29, 1.82) is 0 Å². The second kappa shape index (κ2) is 4.72. The number of nitrogens with zero attached hydrogens (tertiary/aromatic N) is 2. The molecule has 1 heterocycles. The van der Waals surface area contributed by atoms with Gasteiger partial charge in [0.1, 0.15) is 0 Å². The van der Waals surface area contributed by atoms with Crippen LogP contribution in [0.15, 0.2) is 0 Å². The quantitative estimate of drug-likeness (QED) is 0.568. The number of rotatable bonds is 2. The van der Waals surface area contributed by atoms with Crippen molar-refractivity contribution in [2.45, 2.75) is 19.0 Å². The van der Waals surface area contributed by atoms with Gasteiger partial charge in [0.25, 0.3) is 0 Å². The lowest BCUT2D eigenvalue weighted by Gasteiger charge is -2.39. The predicted molar refractivity (Wildman–Crippen MR) is 53.7 cm³/mol. The van der Waals surface area contributed by atoms with Gasteiger partial charge < -0.3 is 20.6 Å². The molecule has 0 radical (unpaired) electrons. The second-order valence-corrected chi connectivity index (χ2v) is 3.92. The van der Waals surface area contributed by atoms with E-state index in [9.17, 15) is 4.79 Å². The van der Waals surface area contributed by atoms with E-state index in [1.54, 1.807) is 11.8 Å². The van der Waals surface area contributed by atoms with Gasteiger partial charge in [0.15, 0.2) is 0 Å². The summed E-state index contributed by atoms with van der Waals surface area (Å²) >= 11 is 0. The lowest BCUT2D eigenvalue weighted by atomic mass is 10.1. The van der Waals surface area contributed by atoms with Crippen molar-refractivity contribution < 1.29 is 9.90 Å². The van der Waals surface area contributed by atoms with Gasteiger partial charge in [-0.1, -0.05) is 0 Å². The summed E-state index contributed by atoms with van der Waals surface area (Å²) in [7, 11) is 1.98. The Hall–Kier alpha value is -0.650. The highest BCUT2D eigenvalue weighted by Crippen LogP contribution is 2.09. The summed E-state index contributed by atoms with van der Waals surface area (Å²) in [5.74, 6) is -0.0721. The standard InChI is InChI=1S/C9H19N3O2/c1-7(10)9(14)12-4-3-11(2)5-8(12)6-13/h7-8,13H,3-6,10H2,1-2H3/t7-,8?/m1/s1. The van der Waals surface area contributed by atoms with E-state index in [-0.39, 0.29) is 18.6 Å². The number of carbonyl (C=O) groups excluding carboxylic acids is 1. The Balaban J connectivity index is 2.63. The Morgan fingerprint density at radius 3 is 2.79 bits per heavy atom. The molecule has 1 aliphatic heterocycles. The first-order valence-corrected chi connectivity index (χ1v) is 4.91. The zero-order chi connectivity index (χ0) is 10.7. The zero-order valence-electron chi connectivity index (χ0n) is 8.81. The smallest absolute Gasteiger partial charge is 0.239 e. The van der Waals surface area contributed by atoms with E-state index in [0.29, 0.717) is 6.54 Å². The largest absolute Gasteiger partial charge is 0.394 e. The maximum Gasteiger partial charge on any atom is 0.239 e. The number of likely N-dealkylation sites (N-methyl/N-ethyl adjacent to an activating group) is 1. The third-order valence-electron chi connectivity index (χ3n) is 2.57. The van der Waals surface area contributed by atoms with Gasteiger partial charge in [-0.2, -0.15) is 0 Å². The summed E-state index contributed by atoms with van der Waals surface area (Å²) in [6.45, 7) is 3.89. The van der Waals surface area contributed by atoms with Crippen molar-refractivity contribution in [3.8, 4) is 0 Å². The molecule has 0 aromatic rings. The number of hydrogen-bond acceptors (Lipinski definition) is 4. The fraction of sp³-hybridized carbons (Fsp3) is 0.889. The molecule has 14 heavy (non-hydrogen) atoms. The molecule has 0 bridgehead atoms. The van der Waals surface area contributed by atoms with Crippen LogP contribution < -0.4 is 5.73 Å². The van der Waals surface area contributed by atoms with E-state index in [4.69, 9.17) is 10.8 Å². The fourth-order valence-electron chi connectivity index (χ4n) is 1.72. The number of hydrogen-bond donors (Lipinski definition) is 2. The molecule has 0 aliphatic carbocycles. The van der Waals surface area contributed by atoms with E-state index in [0.717, 1.165) is 13.1 Å². The molecule has 82 valence electrons. The van der Waals surface area contributed by atoms with Gasteiger partial charge in [-0.15, -0.1) is 0 Å². The van der Waals surface area contributed by atoms with Crippen LogP contribution in [0, 0.1) is 0 Å². The van der Waals surface area contributed by atoms with Crippen LogP contribution in [0.1, 0.15) is 6.92 Å². The van der Waals surface area contributed by atoms with Gasteiger partial charge in [-0.25, -0.2) is 0 Å². The molecule has 0 saturated carbocycles. The molecular weight excluding hydrogens is 182 g/mol. The number of piperazine rings is 1. The Kier molecular flexibility index (Phi) is 3.86. The van der Waals surface area contributed by atoms with E-state index in [1.165, 1.54) is 0 Å². The molecule has 0 aromatic heterocycles. The van der Waals surface area contributed by atoms with Crippen molar-refractivity contribution in [3.63, 3.8) is 0 Å². The van der Waals surface area contributed by atoms with Gasteiger partial charge in [-0.05, 0) is 14.0 Å². The van der Waals surface area contributed by atoms with Crippen LogP contribution in [0.2, 0.25) is 0 Å². The first-order valence-electron chi connectivity index (χ1n) is 4.91. The third-order valence-corrected chi connectivity index (χ3v) is 2.57. The fourth-order valence-corrected chi connectivity index (χ4v) is 1.72. The van der Waals surface area contributed by atoms with Crippen molar-refractivity contribution >= 4 is 5.91 Å². The Labute approximate surface area is 84.5 Å². The van der Waals surface area contributed by atoms with Crippen molar-refractivity contribution in [3.05, 3.63) is 0 Å². The molecular formula is C9H19N3O2. The average Bonchev–Trinajstić information content (AvgIpc) is 2.16. The molecule has 1 unspecified atom stereocenters. The van der Waals surface area contributed by atoms with E-state index in [2.05, 4.69) is 4.90 Å². The summed E-state index contributed by atoms with van der Waals surface area (Å²) in [5, 5.41) is 9.15. The summed E-state index contributed by atoms with van der Waals surface area (Å²) in [5.41, 5.74) is 5.53. The Bertz CT molecular complexity index is 208. The SMILES string of the molecule is C[C@@H](N)C(=O)N1CCN(C)CC1CO. The number of amides is 1. The average molecular weight is 201 g/mol. The monoisotopic (exact) mass is 201 g/mol. The van der Waals surface area contributed by atoms with Gasteiger partial charge in [0.2, 0.25) is 5.91 Å². The molecule has 5 nitrogen and oxygen atoms in total. The van der Waals surface area contributed by atoms with Gasteiger partial charge in [0, 0.05) is 19.6 Å². The maximum atomic E-state index is 11.6. The normalized spacial score (nSPS) is 26.3. The number of nitrogens with two attached hydrogens (primary N) is 1. The van der Waals surface area contributed by atoms with Crippen LogP contribution in [0.4, 0.5) is 0 Å². The van der Waals surface area contributed by atoms with Gasteiger partial charge >= 0.3 is 0 Å². The highest BCUT2D eigenvalue weighted by molar-refractivity contribution is 5.81. The van der Waals surface area contributed by atoms with Crippen molar-refractivity contribution in [2.24, 2.45) is 5.73 Å². The first-order chi connectivity index (χ1) is 6.56. The van der Waals surface area contributed by atoms with E-state index in [1.807, 2.05) is 7.05 Å². The molecule has 1 saturated heterocycles. The summed E-state index contributed by atoms with van der Waals surface area (Å²) in [4.78, 5) is 15.4. The molecule has 5 heteroatoms. The summed E-state index contributed by atoms with van der Waals surface area (Å²) < 4.78 is 0. The summed E-state index contributed by atoms with van der Waals surface area (Å²) in [6.07, 6.45) is 0. The molecule has 1 rings (SSSR count). The Morgan fingerprint density at radius 1 is 1.64 bits per heavy atom. The number of aliphatic hydroxyl groups is 1. The molecule has 1 amide bonds. The highest BCUT2D eigenvalue weighted by Gasteiger charge is 2.29. The summed E-state index contributed by atoms with van der Waals surface area (Å²) in [6, 6.07) is -0.584. The molecule has 2 atom stereocenters. The minimum Gasteiger partial charge on any atom is -0.394 e. The lowest BCUT2D eigenvalue weighted by molar-refractivity contribution is -0.138. The minimum absolute atomic E-state index is 0.00278. The van der Waals surface area contributed by atoms with Crippen LogP contribution in [-0.2, 0) is 4.79 Å². The van der Waals surface area contributed by atoms with E-state index >= 15 is 0 Å². The molecule has 3 N–H and O–H groups in total. The van der Waals surface area contributed by atoms with Crippen LogP contribution in [0.25, 0.3) is 0 Å². The molecule has 1 fully saturated rings. The van der Waals surface area contributed by atoms with Crippen LogP contribution in [0.5, 0.6) is 0 Å². The topological polar surface area (TPSA) is 69.8 Å². The second-order valence-electron chi connectivity index (χ2n) is 3.92. The molecule has 0 spiro atoms. The van der Waals surface area contributed by atoms with Gasteiger partial charge in [0.05, 0.1) is 18.7 Å². The maximum absolute atomic E-state index is 11.6. The third kappa shape index (κ3) is 2.43. The lowest BCUT2D eigenvalue weighted by Crippen LogP contribution is -2.58. The number of aliphatic hydroxyl groups excluding tert-OH is 1. The van der Waals surface area contributed by atoms with Crippen molar-refractivity contribution in [2.75, 3.05) is 33.3 Å². The molecule has 0 aromatic carbocycles. The minimum atomic E-state index is -0.479. The van der Waals surface area contributed by atoms with Crippen LogP contribution in [-0.4, -0.2) is 66.2 Å². The van der Waals surface area contributed by atoms with Crippen molar-refractivity contribution in [1.82, 2.24) is 9.80 Å². The first kappa shape index (κ1) is 11.4. The number of carbonyl (C=O) groups is 1. The van der Waals surface area contributed by atoms with E-state index < -0.39 is 6.04 Å². The Morgan fingerprint density at radius 2 is 2.29 bits per heavy atom. The molecule has 1 aliphatic rings.